The second kappa shape index (κ2) is 5.77. The Morgan fingerprint density at radius 3 is 3.04 bits per heavy atom. The van der Waals surface area contributed by atoms with Crippen LogP contribution in [0.25, 0.3) is 5.65 Å². The van der Waals surface area contributed by atoms with Gasteiger partial charge in [-0.25, -0.2) is 0 Å². The van der Waals surface area contributed by atoms with E-state index in [1.54, 1.807) is 16.9 Å². The highest BCUT2D eigenvalue weighted by Crippen LogP contribution is 2.27. The number of fused-ring (bicyclic) bond motifs is 1. The molecule has 1 aliphatic rings. The van der Waals surface area contributed by atoms with Gasteiger partial charge < -0.3 is 9.64 Å². The van der Waals surface area contributed by atoms with Crippen molar-refractivity contribution in [3.8, 4) is 5.75 Å². The minimum Gasteiger partial charge on any atom is -0.487 e. The minimum atomic E-state index is 0.133. The van der Waals surface area contributed by atoms with Gasteiger partial charge in [0.05, 0.1) is 11.0 Å². The fourth-order valence-corrected chi connectivity index (χ4v) is 3.07. The normalized spacial score (nSPS) is 17.8. The first-order valence-corrected chi connectivity index (χ1v) is 8.20. The highest BCUT2D eigenvalue weighted by atomic mass is 79.9. The molecule has 0 aliphatic carbocycles. The smallest absolute Gasteiger partial charge is 0.178 e. The van der Waals surface area contributed by atoms with E-state index < -0.39 is 0 Å². The minimum absolute atomic E-state index is 0.133. The first-order valence-electron chi connectivity index (χ1n) is 7.41. The molecule has 1 saturated heterocycles. The Hall–Kier alpha value is -2.22. The lowest BCUT2D eigenvalue weighted by Crippen LogP contribution is -2.25. The number of hydrogen-bond donors (Lipinski definition) is 0. The molecule has 0 amide bonds. The molecule has 4 heterocycles. The number of hydrogen-bond acceptors (Lipinski definition) is 6. The van der Waals surface area contributed by atoms with Gasteiger partial charge in [-0.05, 0) is 41.1 Å². The number of aryl methyl sites for hydroxylation is 1. The zero-order chi connectivity index (χ0) is 15.8. The highest BCUT2D eigenvalue weighted by Gasteiger charge is 2.26. The molecular formula is C15H15BrN6O. The maximum Gasteiger partial charge on any atom is 0.178 e. The predicted octanol–water partition coefficient (Wildman–Crippen LogP) is 2.25. The van der Waals surface area contributed by atoms with E-state index in [1.165, 1.54) is 0 Å². The molecule has 3 aromatic rings. The summed E-state index contributed by atoms with van der Waals surface area (Å²) in [5, 5.41) is 12.7. The van der Waals surface area contributed by atoms with Crippen molar-refractivity contribution in [2.45, 2.75) is 19.4 Å². The van der Waals surface area contributed by atoms with Gasteiger partial charge in [0.2, 0.25) is 0 Å². The maximum absolute atomic E-state index is 6.07. The topological polar surface area (TPSA) is 68.4 Å². The van der Waals surface area contributed by atoms with Crippen molar-refractivity contribution in [1.29, 1.82) is 0 Å². The van der Waals surface area contributed by atoms with E-state index in [4.69, 9.17) is 4.74 Å². The summed E-state index contributed by atoms with van der Waals surface area (Å²) in [6.45, 7) is 3.61. The van der Waals surface area contributed by atoms with Crippen molar-refractivity contribution >= 4 is 27.4 Å². The van der Waals surface area contributed by atoms with Crippen LogP contribution in [-0.2, 0) is 0 Å². The van der Waals surface area contributed by atoms with E-state index in [9.17, 15) is 0 Å². The van der Waals surface area contributed by atoms with Crippen molar-refractivity contribution in [1.82, 2.24) is 24.8 Å². The molecule has 0 spiro atoms. The lowest BCUT2D eigenvalue weighted by molar-refractivity contribution is 0.223. The first-order chi connectivity index (χ1) is 11.2. The van der Waals surface area contributed by atoms with Gasteiger partial charge in [0, 0.05) is 25.4 Å². The van der Waals surface area contributed by atoms with Crippen LogP contribution in [0.1, 0.15) is 12.2 Å². The van der Waals surface area contributed by atoms with E-state index >= 15 is 0 Å². The maximum atomic E-state index is 6.07. The summed E-state index contributed by atoms with van der Waals surface area (Å²) in [6.07, 6.45) is 4.56. The van der Waals surface area contributed by atoms with Gasteiger partial charge in [-0.1, -0.05) is 0 Å². The van der Waals surface area contributed by atoms with Gasteiger partial charge in [-0.3, -0.25) is 4.98 Å². The lowest BCUT2D eigenvalue weighted by atomic mass is 10.3. The van der Waals surface area contributed by atoms with Crippen LogP contribution in [0.15, 0.2) is 35.1 Å². The predicted molar refractivity (Wildman–Crippen MR) is 88.7 cm³/mol. The van der Waals surface area contributed by atoms with Crippen LogP contribution in [-0.4, -0.2) is 44.0 Å². The van der Waals surface area contributed by atoms with Crippen LogP contribution in [0.4, 0.5) is 5.82 Å². The second-order valence-corrected chi connectivity index (χ2v) is 6.34. The lowest BCUT2D eigenvalue weighted by Gasteiger charge is -2.18. The van der Waals surface area contributed by atoms with Crippen LogP contribution < -0.4 is 9.64 Å². The number of pyridine rings is 1. The molecule has 1 atom stereocenters. The van der Waals surface area contributed by atoms with Crippen molar-refractivity contribution in [2.24, 2.45) is 0 Å². The van der Waals surface area contributed by atoms with Gasteiger partial charge in [0.1, 0.15) is 17.7 Å². The summed E-state index contributed by atoms with van der Waals surface area (Å²) >= 11 is 3.46. The monoisotopic (exact) mass is 374 g/mol. The Balaban J connectivity index is 1.51. The van der Waals surface area contributed by atoms with Gasteiger partial charge in [0.25, 0.3) is 0 Å². The number of nitrogens with zero attached hydrogens (tertiary/aromatic N) is 6. The molecule has 1 fully saturated rings. The van der Waals surface area contributed by atoms with Gasteiger partial charge >= 0.3 is 0 Å². The molecule has 118 valence electrons. The van der Waals surface area contributed by atoms with Crippen molar-refractivity contribution in [3.05, 3.63) is 40.9 Å². The van der Waals surface area contributed by atoms with E-state index in [-0.39, 0.29) is 6.10 Å². The Bertz CT molecular complexity index is 851. The largest absolute Gasteiger partial charge is 0.487 e. The molecule has 0 N–H and O–H groups in total. The number of aromatic nitrogens is 5. The average molecular weight is 375 g/mol. The number of ether oxygens (including phenoxy) is 1. The summed E-state index contributed by atoms with van der Waals surface area (Å²) in [5.74, 6) is 2.53. The Morgan fingerprint density at radius 2 is 2.17 bits per heavy atom. The number of rotatable bonds is 3. The van der Waals surface area contributed by atoms with Crippen LogP contribution in [0.2, 0.25) is 0 Å². The van der Waals surface area contributed by atoms with Gasteiger partial charge in [-0.15, -0.1) is 15.3 Å². The highest BCUT2D eigenvalue weighted by molar-refractivity contribution is 9.10. The van der Waals surface area contributed by atoms with Gasteiger partial charge in [-0.2, -0.15) is 4.52 Å². The van der Waals surface area contributed by atoms with Crippen LogP contribution >= 0.6 is 15.9 Å². The third-order valence-electron chi connectivity index (χ3n) is 3.90. The molecule has 23 heavy (non-hydrogen) atoms. The molecule has 0 bridgehead atoms. The molecule has 3 aromatic heterocycles. The molecule has 1 aliphatic heterocycles. The Labute approximate surface area is 141 Å². The van der Waals surface area contributed by atoms with E-state index in [0.29, 0.717) is 0 Å². The standard InChI is InChI=1S/C15H15BrN6O/c1-10-18-19-14-2-3-15(20-22(10)14)21-7-5-11(9-21)23-13-4-6-17-8-12(13)16/h2-4,6,8,11H,5,7,9H2,1H3. The average Bonchev–Trinajstić information content (AvgIpc) is 3.17. The summed E-state index contributed by atoms with van der Waals surface area (Å²) in [5.41, 5.74) is 0.763. The second-order valence-electron chi connectivity index (χ2n) is 5.49. The number of halogens is 1. The quantitative estimate of drug-likeness (QED) is 0.700. The fourth-order valence-electron chi connectivity index (χ4n) is 2.73. The van der Waals surface area contributed by atoms with Crippen LogP contribution in [0.5, 0.6) is 5.75 Å². The summed E-state index contributed by atoms with van der Waals surface area (Å²) in [4.78, 5) is 6.27. The van der Waals surface area contributed by atoms with Crippen molar-refractivity contribution < 1.29 is 4.74 Å². The Morgan fingerprint density at radius 1 is 1.26 bits per heavy atom. The third-order valence-corrected chi connectivity index (χ3v) is 4.50. The fraction of sp³-hybridized carbons (Fsp3) is 0.333. The summed E-state index contributed by atoms with van der Waals surface area (Å²) in [6, 6.07) is 5.79. The zero-order valence-electron chi connectivity index (χ0n) is 12.6. The molecular weight excluding hydrogens is 360 g/mol. The molecule has 7 nitrogen and oxygen atoms in total. The van der Waals surface area contributed by atoms with Crippen molar-refractivity contribution in [3.63, 3.8) is 0 Å². The number of anilines is 1. The van der Waals surface area contributed by atoms with E-state index in [2.05, 4.69) is 41.1 Å². The summed E-state index contributed by atoms with van der Waals surface area (Å²) in [7, 11) is 0. The SMILES string of the molecule is Cc1nnc2ccc(N3CCC(Oc4ccncc4Br)C3)nn12. The zero-order valence-corrected chi connectivity index (χ0v) is 14.1. The van der Waals surface area contributed by atoms with Crippen molar-refractivity contribution in [2.75, 3.05) is 18.0 Å². The van der Waals surface area contributed by atoms with E-state index in [0.717, 1.165) is 47.0 Å². The molecule has 0 aromatic carbocycles. The molecule has 8 heteroatoms. The molecule has 0 saturated carbocycles. The third kappa shape index (κ3) is 2.74. The van der Waals surface area contributed by atoms with Crippen LogP contribution in [0, 0.1) is 6.92 Å². The van der Waals surface area contributed by atoms with Crippen LogP contribution in [0.3, 0.4) is 0 Å². The molecule has 1 unspecified atom stereocenters. The van der Waals surface area contributed by atoms with E-state index in [1.807, 2.05) is 25.1 Å². The first kappa shape index (κ1) is 14.4. The molecule has 0 radical (unpaired) electrons. The van der Waals surface area contributed by atoms with Gasteiger partial charge in [0.15, 0.2) is 11.5 Å². The molecule has 4 rings (SSSR count). The Kier molecular flexibility index (Phi) is 3.60. The summed E-state index contributed by atoms with van der Waals surface area (Å²) < 4.78 is 8.71.